The van der Waals surface area contributed by atoms with Crippen LogP contribution in [0.15, 0.2) is 64.4 Å². The number of aromatic nitrogens is 2. The highest BCUT2D eigenvalue weighted by Crippen LogP contribution is 2.25. The zero-order valence-corrected chi connectivity index (χ0v) is 12.1. The van der Waals surface area contributed by atoms with Gasteiger partial charge in [-0.3, -0.25) is 0 Å². The van der Waals surface area contributed by atoms with Gasteiger partial charge in [0.1, 0.15) is 4.60 Å². The van der Waals surface area contributed by atoms with Crippen molar-refractivity contribution in [1.29, 1.82) is 0 Å². The van der Waals surface area contributed by atoms with Gasteiger partial charge in [0.25, 0.3) is 10.0 Å². The van der Waals surface area contributed by atoms with Gasteiger partial charge in [0, 0.05) is 17.8 Å². The van der Waals surface area contributed by atoms with Crippen LogP contribution in [-0.4, -0.2) is 17.4 Å². The van der Waals surface area contributed by atoms with Crippen molar-refractivity contribution in [2.24, 2.45) is 0 Å². The molecule has 0 bridgehead atoms. The summed E-state index contributed by atoms with van der Waals surface area (Å²) in [6, 6.07) is 11.8. The average Bonchev–Trinajstić information content (AvgIpc) is 2.86. The summed E-state index contributed by atoms with van der Waals surface area (Å²) in [6.45, 7) is 0. The summed E-state index contributed by atoms with van der Waals surface area (Å²) in [6.07, 6.45) is 3.11. The number of hydrogen-bond acceptors (Lipinski definition) is 3. The Morgan fingerprint density at radius 2 is 1.79 bits per heavy atom. The summed E-state index contributed by atoms with van der Waals surface area (Å²) >= 11 is 3.31. The van der Waals surface area contributed by atoms with Crippen LogP contribution in [0.5, 0.6) is 0 Å². The summed E-state index contributed by atoms with van der Waals surface area (Å²) in [5.41, 5.74) is 0.603. The fourth-order valence-electron chi connectivity index (χ4n) is 1.92. The van der Waals surface area contributed by atoms with Crippen LogP contribution in [0, 0.1) is 0 Å². The molecule has 0 amide bonds. The number of benzene rings is 1. The fraction of sp³-hybridized carbons (Fsp3) is 0. The predicted octanol–water partition coefficient (Wildman–Crippen LogP) is 3.04. The van der Waals surface area contributed by atoms with E-state index in [2.05, 4.69) is 20.9 Å². The number of nitrogens with zero attached hydrogens (tertiary/aromatic N) is 2. The van der Waals surface area contributed by atoms with E-state index in [9.17, 15) is 8.42 Å². The predicted molar refractivity (Wildman–Crippen MR) is 76.5 cm³/mol. The van der Waals surface area contributed by atoms with Crippen LogP contribution in [0.2, 0.25) is 0 Å². The highest BCUT2D eigenvalue weighted by atomic mass is 79.9. The maximum Gasteiger partial charge on any atom is 0.268 e. The monoisotopic (exact) mass is 336 g/mol. The molecule has 4 nitrogen and oxygen atoms in total. The first-order chi connectivity index (χ1) is 9.10. The number of pyridine rings is 1. The molecule has 0 atom stereocenters. The first-order valence-corrected chi connectivity index (χ1v) is 7.76. The summed E-state index contributed by atoms with van der Waals surface area (Å²) in [7, 11) is -3.57. The molecule has 0 N–H and O–H groups in total. The van der Waals surface area contributed by atoms with Gasteiger partial charge in [-0.1, -0.05) is 18.2 Å². The maximum atomic E-state index is 12.5. The van der Waals surface area contributed by atoms with Crippen molar-refractivity contribution in [3.63, 3.8) is 0 Å². The summed E-state index contributed by atoms with van der Waals surface area (Å²) < 4.78 is 27.0. The maximum absolute atomic E-state index is 12.5. The molecule has 19 heavy (non-hydrogen) atoms. The molecular weight excluding hydrogens is 328 g/mol. The lowest BCUT2D eigenvalue weighted by Gasteiger charge is -2.07. The first-order valence-electron chi connectivity index (χ1n) is 5.53. The van der Waals surface area contributed by atoms with Gasteiger partial charge in [0.2, 0.25) is 0 Å². The molecule has 0 unspecified atom stereocenters. The Kier molecular flexibility index (Phi) is 2.91. The molecule has 2 heterocycles. The minimum atomic E-state index is -3.57. The van der Waals surface area contributed by atoms with E-state index in [0.717, 1.165) is 5.39 Å². The minimum absolute atomic E-state index is 0.264. The van der Waals surface area contributed by atoms with Crippen molar-refractivity contribution in [3.8, 4) is 0 Å². The number of rotatable bonds is 2. The van der Waals surface area contributed by atoms with Gasteiger partial charge in [-0.15, -0.1) is 0 Å². The van der Waals surface area contributed by atoms with Crippen LogP contribution in [-0.2, 0) is 10.0 Å². The smallest absolute Gasteiger partial charge is 0.249 e. The van der Waals surface area contributed by atoms with Crippen LogP contribution in [0.1, 0.15) is 0 Å². The SMILES string of the molecule is O=S(=O)(c1ccccc1)n1ccc2c(Br)nccc21. The lowest BCUT2D eigenvalue weighted by molar-refractivity contribution is 0.589. The van der Waals surface area contributed by atoms with E-state index in [1.165, 1.54) is 3.97 Å². The van der Waals surface area contributed by atoms with E-state index in [4.69, 9.17) is 0 Å². The fourth-order valence-corrected chi connectivity index (χ4v) is 3.74. The van der Waals surface area contributed by atoms with Crippen molar-refractivity contribution in [3.05, 3.63) is 59.5 Å². The zero-order chi connectivity index (χ0) is 13.5. The molecule has 0 aliphatic carbocycles. The lowest BCUT2D eigenvalue weighted by atomic mass is 10.3. The van der Waals surface area contributed by atoms with Gasteiger partial charge < -0.3 is 0 Å². The second-order valence-electron chi connectivity index (χ2n) is 3.96. The van der Waals surface area contributed by atoms with Crippen molar-refractivity contribution >= 4 is 36.9 Å². The van der Waals surface area contributed by atoms with E-state index in [0.29, 0.717) is 10.1 Å². The molecule has 0 fully saturated rings. The average molecular weight is 337 g/mol. The Morgan fingerprint density at radius 1 is 1.05 bits per heavy atom. The van der Waals surface area contributed by atoms with Gasteiger partial charge in [-0.05, 0) is 40.2 Å². The third-order valence-electron chi connectivity index (χ3n) is 2.83. The molecule has 0 saturated carbocycles. The topological polar surface area (TPSA) is 52.0 Å². The van der Waals surface area contributed by atoms with Crippen molar-refractivity contribution in [2.75, 3.05) is 0 Å². The minimum Gasteiger partial charge on any atom is -0.249 e. The van der Waals surface area contributed by atoms with Gasteiger partial charge in [-0.25, -0.2) is 17.4 Å². The zero-order valence-electron chi connectivity index (χ0n) is 9.69. The highest BCUT2D eigenvalue weighted by molar-refractivity contribution is 9.10. The Labute approximate surface area is 118 Å². The second kappa shape index (κ2) is 4.47. The number of hydrogen-bond donors (Lipinski definition) is 0. The van der Waals surface area contributed by atoms with Crippen molar-refractivity contribution in [1.82, 2.24) is 8.96 Å². The molecule has 0 aliphatic rings. The van der Waals surface area contributed by atoms with Crippen molar-refractivity contribution < 1.29 is 8.42 Å². The third kappa shape index (κ3) is 1.97. The molecule has 0 spiro atoms. The van der Waals surface area contributed by atoms with Crippen LogP contribution >= 0.6 is 15.9 Å². The lowest BCUT2D eigenvalue weighted by Crippen LogP contribution is -2.11. The molecule has 2 aromatic heterocycles. The van der Waals surface area contributed by atoms with Gasteiger partial charge in [0.05, 0.1) is 10.4 Å². The highest BCUT2D eigenvalue weighted by Gasteiger charge is 2.19. The molecule has 0 saturated heterocycles. The quantitative estimate of drug-likeness (QED) is 0.676. The van der Waals surface area contributed by atoms with Gasteiger partial charge in [-0.2, -0.15) is 0 Å². The van der Waals surface area contributed by atoms with Gasteiger partial charge >= 0.3 is 0 Å². The first kappa shape index (κ1) is 12.4. The molecule has 0 aliphatic heterocycles. The number of halogens is 1. The third-order valence-corrected chi connectivity index (χ3v) is 5.17. The van der Waals surface area contributed by atoms with E-state index < -0.39 is 10.0 Å². The molecular formula is C13H9BrN2O2S. The molecule has 1 aromatic carbocycles. The molecule has 3 aromatic rings. The van der Waals surface area contributed by atoms with Crippen LogP contribution in [0.4, 0.5) is 0 Å². The molecule has 0 radical (unpaired) electrons. The van der Waals surface area contributed by atoms with E-state index in [1.807, 2.05) is 0 Å². The van der Waals surface area contributed by atoms with Crippen molar-refractivity contribution in [2.45, 2.75) is 4.90 Å². The Morgan fingerprint density at radius 3 is 2.53 bits per heavy atom. The summed E-state index contributed by atoms with van der Waals surface area (Å²) in [5, 5.41) is 0.766. The van der Waals surface area contributed by atoms with Crippen LogP contribution in [0.25, 0.3) is 10.9 Å². The molecule has 6 heteroatoms. The van der Waals surface area contributed by atoms with E-state index >= 15 is 0 Å². The van der Waals surface area contributed by atoms with Crippen LogP contribution in [0.3, 0.4) is 0 Å². The Hall–Kier alpha value is -1.66. The Bertz CT molecular complexity index is 841. The normalized spacial score (nSPS) is 11.8. The standard InChI is InChI=1S/C13H9BrN2O2S/c14-13-11-7-9-16(12(11)6-8-15-13)19(17,18)10-4-2-1-3-5-10/h1-9H. The molecule has 96 valence electrons. The summed E-state index contributed by atoms with van der Waals surface area (Å²) in [4.78, 5) is 4.35. The Balaban J connectivity index is 2.29. The molecule has 3 rings (SSSR count). The second-order valence-corrected chi connectivity index (χ2v) is 6.53. The largest absolute Gasteiger partial charge is 0.268 e. The van der Waals surface area contributed by atoms with E-state index in [1.54, 1.807) is 54.9 Å². The number of fused-ring (bicyclic) bond motifs is 1. The summed E-state index contributed by atoms with van der Waals surface area (Å²) in [5.74, 6) is 0. The van der Waals surface area contributed by atoms with Gasteiger partial charge in [0.15, 0.2) is 0 Å². The van der Waals surface area contributed by atoms with Crippen LogP contribution < -0.4 is 0 Å². The van der Waals surface area contributed by atoms with E-state index in [-0.39, 0.29) is 4.90 Å².